The van der Waals surface area contributed by atoms with Gasteiger partial charge in [0.15, 0.2) is 5.82 Å². The molecule has 0 bridgehead atoms. The average molecular weight is 564 g/mol. The van der Waals surface area contributed by atoms with E-state index < -0.39 is 32.0 Å². The normalized spacial score (nSPS) is 14.2. The number of ether oxygens (including phenoxy) is 1. The van der Waals surface area contributed by atoms with E-state index in [-0.39, 0.29) is 23.0 Å². The van der Waals surface area contributed by atoms with Gasteiger partial charge in [-0.15, -0.1) is 16.4 Å². The Morgan fingerprint density at radius 1 is 1.18 bits per heavy atom. The fraction of sp³-hybridized carbons (Fsp3) is 0.280. The topological polar surface area (TPSA) is 98.1 Å². The van der Waals surface area contributed by atoms with Crippen LogP contribution in [0.3, 0.4) is 0 Å². The van der Waals surface area contributed by atoms with Crippen LogP contribution in [0, 0.1) is 0 Å². The number of hydrogen-bond donors (Lipinski definition) is 2. The molecule has 0 amide bonds. The molecular weight excluding hydrogens is 539 g/mol. The molecule has 0 spiro atoms. The predicted octanol–water partition coefficient (Wildman–Crippen LogP) is 5.85. The number of benzene rings is 2. The van der Waals surface area contributed by atoms with E-state index in [0.29, 0.717) is 23.6 Å². The molecule has 2 N–H and O–H groups in total. The average Bonchev–Trinajstić information content (AvgIpc) is 3.61. The molecule has 1 atom stereocenters. The summed E-state index contributed by atoms with van der Waals surface area (Å²) >= 11 is 0.347. The minimum absolute atomic E-state index is 0.158. The Bertz CT molecular complexity index is 1570. The van der Waals surface area contributed by atoms with E-state index in [9.17, 15) is 21.6 Å². The minimum Gasteiger partial charge on any atom is -0.424 e. The second kappa shape index (κ2) is 10.0. The van der Waals surface area contributed by atoms with E-state index in [1.807, 2.05) is 25.1 Å². The highest BCUT2D eigenvalue weighted by atomic mass is 32.2. The zero-order chi connectivity index (χ0) is 27.1. The van der Waals surface area contributed by atoms with E-state index in [4.69, 9.17) is 4.74 Å². The molecule has 8 nitrogen and oxygen atoms in total. The van der Waals surface area contributed by atoms with Gasteiger partial charge in [0, 0.05) is 35.8 Å². The van der Waals surface area contributed by atoms with Gasteiger partial charge in [-0.05, 0) is 37.5 Å². The first kappa shape index (κ1) is 26.2. The van der Waals surface area contributed by atoms with Crippen LogP contribution in [-0.2, 0) is 29.2 Å². The number of anilines is 1. The van der Waals surface area contributed by atoms with Crippen molar-refractivity contribution in [2.45, 2.75) is 43.9 Å². The lowest BCUT2D eigenvalue weighted by molar-refractivity contribution is -0.133. The Morgan fingerprint density at radius 3 is 2.66 bits per heavy atom. The third kappa shape index (κ3) is 5.00. The number of fused-ring (bicyclic) bond motifs is 1. The van der Waals surface area contributed by atoms with Crippen LogP contribution in [0.15, 0.2) is 58.8 Å². The summed E-state index contributed by atoms with van der Waals surface area (Å²) in [5.74, 6) is 0.809. The summed E-state index contributed by atoms with van der Waals surface area (Å²) in [6, 6.07) is 12.6. The van der Waals surface area contributed by atoms with Gasteiger partial charge in [-0.2, -0.15) is 13.2 Å². The standard InChI is InChI=1S/C25H24F3N5O3S2/c1-3-33-23(30-31-24(33)36-18-10-9-16-11-12-29-19(16)13-18)15(2)32-38(34,35)20-14-37-22(25(26,27)28)21(20)17-7-5-4-6-8-17/h4-10,13-15,29,32H,3,11-12H2,1-2H3/t15-/m1/s1. The van der Waals surface area contributed by atoms with Crippen LogP contribution in [0.1, 0.15) is 36.2 Å². The number of sulfonamides is 1. The number of rotatable bonds is 8. The molecule has 5 rings (SSSR count). The molecule has 3 heterocycles. The second-order valence-electron chi connectivity index (χ2n) is 8.69. The Kier molecular flexibility index (Phi) is 6.92. The number of alkyl halides is 3. The molecule has 2 aromatic carbocycles. The number of thiophene rings is 1. The fourth-order valence-corrected chi connectivity index (χ4v) is 7.13. The van der Waals surface area contributed by atoms with Gasteiger partial charge in [0.2, 0.25) is 10.0 Å². The van der Waals surface area contributed by atoms with Crippen LogP contribution >= 0.6 is 11.3 Å². The molecule has 0 saturated heterocycles. The highest BCUT2D eigenvalue weighted by Gasteiger charge is 2.39. The Morgan fingerprint density at radius 2 is 1.95 bits per heavy atom. The van der Waals surface area contributed by atoms with Gasteiger partial charge >= 0.3 is 12.2 Å². The summed E-state index contributed by atoms with van der Waals surface area (Å²) in [5, 5.41) is 12.5. The van der Waals surface area contributed by atoms with Crippen molar-refractivity contribution in [2.75, 3.05) is 11.9 Å². The maximum Gasteiger partial charge on any atom is 0.426 e. The molecule has 2 aromatic heterocycles. The van der Waals surface area contributed by atoms with E-state index in [2.05, 4.69) is 20.2 Å². The maximum absolute atomic E-state index is 13.8. The van der Waals surface area contributed by atoms with E-state index in [1.54, 1.807) is 29.7 Å². The number of hydrogen-bond acceptors (Lipinski definition) is 7. The van der Waals surface area contributed by atoms with Gasteiger partial charge < -0.3 is 10.1 Å². The lowest BCUT2D eigenvalue weighted by Crippen LogP contribution is -2.29. The Hall–Kier alpha value is -3.42. The predicted molar refractivity (Wildman–Crippen MR) is 138 cm³/mol. The van der Waals surface area contributed by atoms with Gasteiger partial charge in [-0.3, -0.25) is 4.57 Å². The van der Waals surface area contributed by atoms with Crippen molar-refractivity contribution >= 4 is 27.0 Å². The summed E-state index contributed by atoms with van der Waals surface area (Å²) < 4.78 is 78.1. The summed E-state index contributed by atoms with van der Waals surface area (Å²) in [4.78, 5) is -1.43. The molecule has 38 heavy (non-hydrogen) atoms. The largest absolute Gasteiger partial charge is 0.426 e. The summed E-state index contributed by atoms with van der Waals surface area (Å²) in [7, 11) is -4.38. The maximum atomic E-state index is 13.8. The third-order valence-electron chi connectivity index (χ3n) is 6.15. The molecule has 0 radical (unpaired) electrons. The van der Waals surface area contributed by atoms with Gasteiger partial charge in [0.1, 0.15) is 15.5 Å². The molecule has 200 valence electrons. The summed E-state index contributed by atoms with van der Waals surface area (Å²) in [6.07, 6.45) is -3.78. The smallest absolute Gasteiger partial charge is 0.424 e. The van der Waals surface area contributed by atoms with Crippen molar-refractivity contribution < 1.29 is 26.3 Å². The number of aromatic nitrogens is 3. The van der Waals surface area contributed by atoms with E-state index >= 15 is 0 Å². The van der Waals surface area contributed by atoms with Crippen LogP contribution in [0.25, 0.3) is 11.1 Å². The number of halogens is 3. The van der Waals surface area contributed by atoms with Crippen LogP contribution in [0.5, 0.6) is 11.8 Å². The first-order valence-corrected chi connectivity index (χ1v) is 14.2. The molecule has 4 aromatic rings. The van der Waals surface area contributed by atoms with Crippen molar-refractivity contribution in [3.05, 3.63) is 70.2 Å². The highest BCUT2D eigenvalue weighted by molar-refractivity contribution is 7.89. The van der Waals surface area contributed by atoms with E-state index in [1.165, 1.54) is 17.7 Å². The van der Waals surface area contributed by atoms with Crippen molar-refractivity contribution in [3.8, 4) is 22.9 Å². The zero-order valence-electron chi connectivity index (χ0n) is 20.4. The van der Waals surface area contributed by atoms with Crippen molar-refractivity contribution in [3.63, 3.8) is 0 Å². The molecule has 13 heteroatoms. The Labute approximate surface area is 221 Å². The SMILES string of the molecule is CCn1c(Oc2ccc3c(c2)NCC3)nnc1[C@@H](C)NS(=O)(=O)c1csc(C(F)(F)F)c1-c1ccccc1. The number of nitrogens with one attached hydrogen (secondary N) is 2. The molecule has 0 unspecified atom stereocenters. The zero-order valence-corrected chi connectivity index (χ0v) is 22.0. The fourth-order valence-electron chi connectivity index (χ4n) is 4.41. The summed E-state index contributed by atoms with van der Waals surface area (Å²) in [6.45, 7) is 4.61. The first-order chi connectivity index (χ1) is 18.1. The van der Waals surface area contributed by atoms with Crippen molar-refractivity contribution in [1.82, 2.24) is 19.5 Å². The van der Waals surface area contributed by atoms with Gasteiger partial charge in [0.05, 0.1) is 6.04 Å². The monoisotopic (exact) mass is 563 g/mol. The van der Waals surface area contributed by atoms with Gasteiger partial charge in [-0.25, -0.2) is 13.1 Å². The molecule has 0 fully saturated rings. The van der Waals surface area contributed by atoms with Gasteiger partial charge in [-0.1, -0.05) is 41.5 Å². The quantitative estimate of drug-likeness (QED) is 0.279. The molecule has 1 aliphatic rings. The summed E-state index contributed by atoms with van der Waals surface area (Å²) in [5.41, 5.74) is 1.95. The van der Waals surface area contributed by atoms with Gasteiger partial charge in [0.25, 0.3) is 0 Å². The highest BCUT2D eigenvalue weighted by Crippen LogP contribution is 2.45. The van der Waals surface area contributed by atoms with Crippen molar-refractivity contribution in [2.24, 2.45) is 0 Å². The first-order valence-electron chi connectivity index (χ1n) is 11.8. The van der Waals surface area contributed by atoms with Crippen LogP contribution in [-0.4, -0.2) is 29.7 Å². The Balaban J connectivity index is 1.44. The minimum atomic E-state index is -4.71. The molecule has 1 aliphatic heterocycles. The number of nitrogens with zero attached hydrogens (tertiary/aromatic N) is 3. The third-order valence-corrected chi connectivity index (χ3v) is 8.89. The van der Waals surface area contributed by atoms with Crippen molar-refractivity contribution in [1.29, 1.82) is 0 Å². The second-order valence-corrected chi connectivity index (χ2v) is 11.3. The van der Waals surface area contributed by atoms with Crippen LogP contribution < -0.4 is 14.8 Å². The van der Waals surface area contributed by atoms with Crippen LogP contribution in [0.2, 0.25) is 0 Å². The molecule has 0 aliphatic carbocycles. The molecule has 0 saturated carbocycles. The van der Waals surface area contributed by atoms with Crippen LogP contribution in [0.4, 0.5) is 18.9 Å². The lowest BCUT2D eigenvalue weighted by Gasteiger charge is -2.16. The molecular formula is C25H24F3N5O3S2. The van der Waals surface area contributed by atoms with E-state index in [0.717, 1.165) is 24.0 Å². The lowest BCUT2D eigenvalue weighted by atomic mass is 10.1.